The van der Waals surface area contributed by atoms with Gasteiger partial charge in [0.2, 0.25) is 0 Å². The van der Waals surface area contributed by atoms with E-state index in [0.29, 0.717) is 11.7 Å². The SMILES string of the molecule is O=S1(=O)C[C@@H]2NC(=S)N(CCO)[C@H]2C1. The fraction of sp³-hybridized carbons (Fsp3) is 0.857. The summed E-state index contributed by atoms with van der Waals surface area (Å²) < 4.78 is 22.7. The summed E-state index contributed by atoms with van der Waals surface area (Å²) in [6, 6.07) is -0.168. The Balaban J connectivity index is 2.17. The lowest BCUT2D eigenvalue weighted by molar-refractivity contribution is 0.235. The second-order valence-electron chi connectivity index (χ2n) is 3.62. The number of rotatable bonds is 2. The summed E-state index contributed by atoms with van der Waals surface area (Å²) in [6.45, 7) is 0.396. The lowest BCUT2D eigenvalue weighted by Crippen LogP contribution is -2.38. The molecule has 0 unspecified atom stereocenters. The maximum Gasteiger partial charge on any atom is 0.169 e. The molecule has 2 aliphatic rings. The number of fused-ring (bicyclic) bond motifs is 1. The Kier molecular flexibility index (Phi) is 2.40. The second-order valence-corrected chi connectivity index (χ2v) is 6.16. The van der Waals surface area contributed by atoms with E-state index in [1.807, 2.05) is 0 Å². The van der Waals surface area contributed by atoms with Crippen molar-refractivity contribution in [2.45, 2.75) is 12.1 Å². The van der Waals surface area contributed by atoms with Gasteiger partial charge < -0.3 is 15.3 Å². The van der Waals surface area contributed by atoms with Gasteiger partial charge in [-0.15, -0.1) is 0 Å². The van der Waals surface area contributed by atoms with Gasteiger partial charge in [0.25, 0.3) is 0 Å². The smallest absolute Gasteiger partial charge is 0.169 e. The normalized spacial score (nSPS) is 34.4. The molecule has 2 saturated heterocycles. The van der Waals surface area contributed by atoms with Crippen molar-refractivity contribution in [1.82, 2.24) is 10.2 Å². The van der Waals surface area contributed by atoms with Gasteiger partial charge in [-0.3, -0.25) is 0 Å². The van der Waals surface area contributed by atoms with E-state index in [1.165, 1.54) is 0 Å². The highest BCUT2D eigenvalue weighted by Crippen LogP contribution is 2.23. The third-order valence-electron chi connectivity index (χ3n) is 2.63. The van der Waals surface area contributed by atoms with Gasteiger partial charge in [0.1, 0.15) is 0 Å². The highest BCUT2D eigenvalue weighted by molar-refractivity contribution is 7.91. The molecule has 2 N–H and O–H groups in total. The molecule has 0 aromatic carbocycles. The Bertz CT molecular complexity index is 354. The maximum atomic E-state index is 11.3. The molecule has 80 valence electrons. The summed E-state index contributed by atoms with van der Waals surface area (Å²) >= 11 is 5.04. The van der Waals surface area contributed by atoms with E-state index in [-0.39, 0.29) is 30.2 Å². The van der Waals surface area contributed by atoms with E-state index in [9.17, 15) is 8.42 Å². The minimum atomic E-state index is -2.93. The number of hydrogen-bond acceptors (Lipinski definition) is 4. The first-order valence-electron chi connectivity index (χ1n) is 4.42. The molecule has 0 aliphatic carbocycles. The van der Waals surface area contributed by atoms with Gasteiger partial charge in [-0.1, -0.05) is 0 Å². The quantitative estimate of drug-likeness (QED) is 0.559. The highest BCUT2D eigenvalue weighted by Gasteiger charge is 2.46. The van der Waals surface area contributed by atoms with E-state index >= 15 is 0 Å². The molecule has 0 amide bonds. The van der Waals surface area contributed by atoms with Crippen LogP contribution in [0.15, 0.2) is 0 Å². The average molecular weight is 236 g/mol. The van der Waals surface area contributed by atoms with Crippen LogP contribution in [0.3, 0.4) is 0 Å². The molecule has 2 fully saturated rings. The van der Waals surface area contributed by atoms with Crippen LogP contribution in [0.25, 0.3) is 0 Å². The van der Waals surface area contributed by atoms with Crippen LogP contribution in [0.1, 0.15) is 0 Å². The number of β-amino-alcohol motifs (C(OH)–C–C–N with tert-alkyl or cyclic N) is 1. The molecule has 0 aromatic rings. The Labute approximate surface area is 88.0 Å². The fourth-order valence-electron chi connectivity index (χ4n) is 2.04. The first kappa shape index (κ1) is 10.1. The first-order chi connectivity index (χ1) is 6.53. The predicted molar refractivity (Wildman–Crippen MR) is 55.8 cm³/mol. The largest absolute Gasteiger partial charge is 0.395 e. The van der Waals surface area contributed by atoms with Crippen LogP contribution in [-0.4, -0.2) is 60.3 Å². The van der Waals surface area contributed by atoms with E-state index in [0.717, 1.165) is 0 Å². The number of nitrogens with zero attached hydrogens (tertiary/aromatic N) is 1. The second kappa shape index (κ2) is 3.32. The van der Waals surface area contributed by atoms with Crippen LogP contribution < -0.4 is 5.32 Å². The number of hydrogen-bond donors (Lipinski definition) is 2. The third-order valence-corrected chi connectivity index (χ3v) is 4.70. The molecular weight excluding hydrogens is 224 g/mol. The van der Waals surface area contributed by atoms with E-state index in [1.54, 1.807) is 4.90 Å². The van der Waals surface area contributed by atoms with Gasteiger partial charge in [0.15, 0.2) is 14.9 Å². The number of thiocarbonyl (C=S) groups is 1. The van der Waals surface area contributed by atoms with E-state index in [4.69, 9.17) is 17.3 Å². The molecule has 2 heterocycles. The molecule has 0 spiro atoms. The zero-order valence-corrected chi connectivity index (χ0v) is 9.14. The average Bonchev–Trinajstić information content (AvgIpc) is 2.47. The van der Waals surface area contributed by atoms with Crippen LogP contribution in [0.5, 0.6) is 0 Å². The summed E-state index contributed by atoms with van der Waals surface area (Å²) in [7, 11) is -2.93. The van der Waals surface area contributed by atoms with Crippen molar-refractivity contribution in [3.63, 3.8) is 0 Å². The van der Waals surface area contributed by atoms with Crippen LogP contribution in [0.4, 0.5) is 0 Å². The Morgan fingerprint density at radius 2 is 2.29 bits per heavy atom. The molecule has 14 heavy (non-hydrogen) atoms. The minimum Gasteiger partial charge on any atom is -0.395 e. The number of aliphatic hydroxyl groups is 1. The predicted octanol–water partition coefficient (Wildman–Crippen LogP) is -1.67. The summed E-state index contributed by atoms with van der Waals surface area (Å²) in [6.07, 6.45) is 0. The summed E-state index contributed by atoms with van der Waals surface area (Å²) in [5.41, 5.74) is 0. The van der Waals surface area contributed by atoms with Crippen molar-refractivity contribution in [1.29, 1.82) is 0 Å². The van der Waals surface area contributed by atoms with Crippen LogP contribution in [0, 0.1) is 0 Å². The van der Waals surface area contributed by atoms with Gasteiger partial charge in [0.05, 0.1) is 30.2 Å². The van der Waals surface area contributed by atoms with Crippen LogP contribution >= 0.6 is 12.2 Å². The molecular formula is C7H12N2O3S2. The molecule has 0 saturated carbocycles. The van der Waals surface area contributed by atoms with Crippen molar-refractivity contribution in [3.05, 3.63) is 0 Å². The molecule has 0 radical (unpaired) electrons. The van der Waals surface area contributed by atoms with Crippen molar-refractivity contribution in [2.24, 2.45) is 0 Å². The zero-order valence-electron chi connectivity index (χ0n) is 7.51. The van der Waals surface area contributed by atoms with Gasteiger partial charge in [-0.05, 0) is 12.2 Å². The highest BCUT2D eigenvalue weighted by atomic mass is 32.2. The maximum absolute atomic E-state index is 11.3. The summed E-state index contributed by atoms with van der Waals surface area (Å²) in [4.78, 5) is 1.77. The zero-order chi connectivity index (χ0) is 10.3. The first-order valence-corrected chi connectivity index (χ1v) is 6.65. The lowest BCUT2D eigenvalue weighted by Gasteiger charge is -2.21. The molecule has 7 heteroatoms. The van der Waals surface area contributed by atoms with E-state index < -0.39 is 9.84 Å². The van der Waals surface area contributed by atoms with Gasteiger partial charge >= 0.3 is 0 Å². The van der Waals surface area contributed by atoms with E-state index in [2.05, 4.69) is 5.32 Å². The minimum absolute atomic E-state index is 0.00884. The Hall–Kier alpha value is -0.400. The molecule has 2 aliphatic heterocycles. The molecule has 5 nitrogen and oxygen atoms in total. The molecule has 0 aromatic heterocycles. The number of aliphatic hydroxyl groups excluding tert-OH is 1. The van der Waals surface area contributed by atoms with Crippen LogP contribution in [-0.2, 0) is 9.84 Å². The standard InChI is InChI=1S/C7H12N2O3S2/c10-2-1-9-6-4-14(11,12)3-5(6)8-7(9)13/h5-6,10H,1-4H2,(H,8,13)/t5-,6-/m0/s1. The Morgan fingerprint density at radius 1 is 1.57 bits per heavy atom. The number of nitrogens with one attached hydrogen (secondary N) is 1. The summed E-state index contributed by atoms with van der Waals surface area (Å²) in [5.74, 6) is 0.296. The summed E-state index contributed by atoms with van der Waals surface area (Å²) in [5, 5.41) is 12.3. The topological polar surface area (TPSA) is 69.6 Å². The van der Waals surface area contributed by atoms with Gasteiger partial charge in [-0.2, -0.15) is 0 Å². The molecule has 2 rings (SSSR count). The van der Waals surface area contributed by atoms with Crippen LogP contribution in [0.2, 0.25) is 0 Å². The van der Waals surface area contributed by atoms with Gasteiger partial charge in [0, 0.05) is 6.54 Å². The fourth-order valence-corrected chi connectivity index (χ4v) is 4.34. The number of sulfone groups is 1. The van der Waals surface area contributed by atoms with Crippen molar-refractivity contribution < 1.29 is 13.5 Å². The Morgan fingerprint density at radius 3 is 2.93 bits per heavy atom. The van der Waals surface area contributed by atoms with Crippen molar-refractivity contribution in [2.75, 3.05) is 24.7 Å². The third kappa shape index (κ3) is 1.59. The van der Waals surface area contributed by atoms with Crippen molar-refractivity contribution >= 4 is 27.2 Å². The monoisotopic (exact) mass is 236 g/mol. The van der Waals surface area contributed by atoms with Gasteiger partial charge in [-0.25, -0.2) is 8.42 Å². The molecule has 2 atom stereocenters. The van der Waals surface area contributed by atoms with Crippen molar-refractivity contribution in [3.8, 4) is 0 Å². The lowest BCUT2D eigenvalue weighted by atomic mass is 10.2. The molecule has 0 bridgehead atoms.